The van der Waals surface area contributed by atoms with Crippen LogP contribution in [0.2, 0.25) is 0 Å². The van der Waals surface area contributed by atoms with Crippen molar-refractivity contribution in [2.75, 3.05) is 26.2 Å². The summed E-state index contributed by atoms with van der Waals surface area (Å²) >= 11 is 0. The number of nitrogens with one attached hydrogen (secondary N) is 2. The van der Waals surface area contributed by atoms with Crippen molar-refractivity contribution >= 4 is 11.9 Å². The molecule has 2 rings (SSSR count). The van der Waals surface area contributed by atoms with Gasteiger partial charge >= 0.3 is 0 Å². The number of likely N-dealkylation sites (tertiary alicyclic amines) is 1. The lowest BCUT2D eigenvalue weighted by atomic mass is 9.85. The lowest BCUT2D eigenvalue weighted by Crippen LogP contribution is -2.50. The molecule has 1 aromatic carbocycles. The highest BCUT2D eigenvalue weighted by Crippen LogP contribution is 2.24. The van der Waals surface area contributed by atoms with Gasteiger partial charge in [-0.3, -0.25) is 9.79 Å². The number of amides is 1. The van der Waals surface area contributed by atoms with Crippen molar-refractivity contribution in [3.63, 3.8) is 0 Å². The van der Waals surface area contributed by atoms with Gasteiger partial charge in [-0.15, -0.1) is 0 Å². The molecule has 1 aliphatic heterocycles. The Morgan fingerprint density at radius 2 is 2.00 bits per heavy atom. The molecule has 1 aliphatic rings. The summed E-state index contributed by atoms with van der Waals surface area (Å²) < 4.78 is 13.6. The van der Waals surface area contributed by atoms with Crippen molar-refractivity contribution in [1.82, 2.24) is 15.5 Å². The summed E-state index contributed by atoms with van der Waals surface area (Å²) in [5, 5.41) is 6.81. The summed E-state index contributed by atoms with van der Waals surface area (Å²) in [5.41, 5.74) is 0.671. The molecule has 156 valence electrons. The number of hydrogen-bond acceptors (Lipinski definition) is 2. The Balaban J connectivity index is 1.96. The molecule has 0 unspecified atom stereocenters. The van der Waals surface area contributed by atoms with Gasteiger partial charge in [0.05, 0.1) is 6.54 Å². The van der Waals surface area contributed by atoms with Gasteiger partial charge in [-0.2, -0.15) is 0 Å². The molecule has 0 spiro atoms. The second kappa shape index (κ2) is 9.89. The number of guanidine groups is 1. The predicted octanol–water partition coefficient (Wildman–Crippen LogP) is 3.31. The first-order chi connectivity index (χ1) is 13.2. The molecule has 5 nitrogen and oxygen atoms in total. The Labute approximate surface area is 168 Å². The van der Waals surface area contributed by atoms with Crippen LogP contribution in [0.1, 0.15) is 53.0 Å². The topological polar surface area (TPSA) is 56.7 Å². The number of hydrogen-bond donors (Lipinski definition) is 2. The fourth-order valence-electron chi connectivity index (χ4n) is 3.40. The molecular weight excluding hydrogens is 355 g/mol. The van der Waals surface area contributed by atoms with Crippen LogP contribution in [-0.4, -0.2) is 49.0 Å². The fourth-order valence-corrected chi connectivity index (χ4v) is 3.40. The molecule has 1 heterocycles. The van der Waals surface area contributed by atoms with Gasteiger partial charge in [-0.25, -0.2) is 4.39 Å². The molecule has 1 amide bonds. The van der Waals surface area contributed by atoms with Crippen molar-refractivity contribution in [3.8, 4) is 0 Å². The van der Waals surface area contributed by atoms with Crippen LogP contribution in [0.3, 0.4) is 0 Å². The minimum atomic E-state index is -0.266. The lowest BCUT2D eigenvalue weighted by Gasteiger charge is -2.34. The molecular formula is C22H35FN4O. The molecule has 0 atom stereocenters. The number of halogens is 1. The molecule has 0 saturated carbocycles. The van der Waals surface area contributed by atoms with E-state index < -0.39 is 0 Å². The molecule has 0 aliphatic carbocycles. The zero-order chi connectivity index (χ0) is 20.7. The highest BCUT2D eigenvalue weighted by atomic mass is 19.1. The number of benzene rings is 1. The maximum absolute atomic E-state index is 13.6. The van der Waals surface area contributed by atoms with E-state index in [0.717, 1.165) is 44.0 Å². The van der Waals surface area contributed by atoms with Crippen molar-refractivity contribution in [1.29, 1.82) is 0 Å². The number of nitrogens with zero attached hydrogens (tertiary/aromatic N) is 2. The normalized spacial score (nSPS) is 16.4. The van der Waals surface area contributed by atoms with Crippen molar-refractivity contribution in [2.45, 2.75) is 58.9 Å². The predicted molar refractivity (Wildman–Crippen MR) is 113 cm³/mol. The van der Waals surface area contributed by atoms with Gasteiger partial charge in [-0.05, 0) is 37.5 Å². The maximum Gasteiger partial charge on any atom is 0.225 e. The number of piperidine rings is 1. The highest BCUT2D eigenvalue weighted by molar-refractivity contribution is 5.80. The van der Waals surface area contributed by atoms with Gasteiger partial charge in [0.2, 0.25) is 5.91 Å². The zero-order valence-corrected chi connectivity index (χ0v) is 17.9. The third kappa shape index (κ3) is 6.21. The van der Waals surface area contributed by atoms with E-state index in [4.69, 9.17) is 4.99 Å². The zero-order valence-electron chi connectivity index (χ0n) is 17.9. The van der Waals surface area contributed by atoms with Gasteiger partial charge < -0.3 is 15.5 Å². The smallest absolute Gasteiger partial charge is 0.225 e. The van der Waals surface area contributed by atoms with Gasteiger partial charge in [0, 0.05) is 37.0 Å². The lowest BCUT2D eigenvalue weighted by molar-refractivity contribution is -0.135. The molecule has 6 heteroatoms. The van der Waals surface area contributed by atoms with Gasteiger partial charge in [0.25, 0.3) is 0 Å². The molecule has 0 bridgehead atoms. The Hall–Kier alpha value is -2.11. The van der Waals surface area contributed by atoms with Crippen LogP contribution in [0.4, 0.5) is 4.39 Å². The third-order valence-corrected chi connectivity index (χ3v) is 5.22. The fraction of sp³-hybridized carbons (Fsp3) is 0.636. The Bertz CT molecular complexity index is 679. The third-order valence-electron chi connectivity index (χ3n) is 5.22. The average Bonchev–Trinajstić information content (AvgIpc) is 2.66. The summed E-state index contributed by atoms with van der Waals surface area (Å²) in [6.07, 6.45) is 1.83. The number of aliphatic imine (C=N–C) groups is 1. The Morgan fingerprint density at radius 1 is 1.32 bits per heavy atom. The largest absolute Gasteiger partial charge is 0.357 e. The SMILES string of the molecule is CCNC(=NCC(C)(C)c1cccc(F)c1)NC1CCN(C(=O)C(C)C)CC1. The standard InChI is InChI=1S/C22H35FN4O/c1-6-24-21(25-15-22(4,5)17-8-7-9-18(23)14-17)26-19-10-12-27(13-11-19)20(28)16(2)3/h7-9,14,16,19H,6,10-13,15H2,1-5H3,(H2,24,25,26). The van der Waals surface area contributed by atoms with E-state index in [2.05, 4.69) is 24.5 Å². The average molecular weight is 391 g/mol. The first kappa shape index (κ1) is 22.2. The van der Waals surface area contributed by atoms with Crippen LogP contribution in [-0.2, 0) is 10.2 Å². The van der Waals surface area contributed by atoms with E-state index in [-0.39, 0.29) is 23.1 Å². The van der Waals surface area contributed by atoms with Crippen LogP contribution >= 0.6 is 0 Å². The first-order valence-electron chi connectivity index (χ1n) is 10.3. The van der Waals surface area contributed by atoms with E-state index in [1.807, 2.05) is 31.7 Å². The van der Waals surface area contributed by atoms with Gasteiger partial charge in [-0.1, -0.05) is 39.8 Å². The molecule has 0 radical (unpaired) electrons. The minimum Gasteiger partial charge on any atom is -0.357 e. The minimum absolute atomic E-state index is 0.0495. The Kier molecular flexibility index (Phi) is 7.84. The number of rotatable bonds is 6. The van der Waals surface area contributed by atoms with Crippen LogP contribution in [0, 0.1) is 11.7 Å². The number of carbonyl (C=O) groups is 1. The molecule has 2 N–H and O–H groups in total. The monoisotopic (exact) mass is 390 g/mol. The Morgan fingerprint density at radius 3 is 2.57 bits per heavy atom. The number of carbonyl (C=O) groups excluding carboxylic acids is 1. The summed E-state index contributed by atoms with van der Waals surface area (Å²) in [5.74, 6) is 0.840. The van der Waals surface area contributed by atoms with Crippen LogP contribution in [0.5, 0.6) is 0 Å². The summed E-state index contributed by atoms with van der Waals surface area (Å²) in [6.45, 7) is 13.0. The molecule has 1 aromatic rings. The van der Waals surface area contributed by atoms with Crippen LogP contribution in [0.15, 0.2) is 29.3 Å². The highest BCUT2D eigenvalue weighted by Gasteiger charge is 2.25. The first-order valence-corrected chi connectivity index (χ1v) is 10.3. The molecule has 0 aromatic heterocycles. The second-order valence-electron chi connectivity index (χ2n) is 8.49. The van der Waals surface area contributed by atoms with E-state index >= 15 is 0 Å². The van der Waals surface area contributed by atoms with Gasteiger partial charge in [0.1, 0.15) is 5.82 Å². The quantitative estimate of drug-likeness (QED) is 0.579. The van der Waals surface area contributed by atoms with Crippen molar-refractivity contribution < 1.29 is 9.18 Å². The molecule has 28 heavy (non-hydrogen) atoms. The maximum atomic E-state index is 13.6. The van der Waals surface area contributed by atoms with Crippen molar-refractivity contribution in [3.05, 3.63) is 35.6 Å². The van der Waals surface area contributed by atoms with E-state index in [1.165, 1.54) is 6.07 Å². The second-order valence-corrected chi connectivity index (χ2v) is 8.49. The van der Waals surface area contributed by atoms with E-state index in [1.54, 1.807) is 12.1 Å². The van der Waals surface area contributed by atoms with Crippen molar-refractivity contribution in [2.24, 2.45) is 10.9 Å². The molecule has 1 saturated heterocycles. The molecule has 1 fully saturated rings. The summed E-state index contributed by atoms with van der Waals surface area (Å²) in [4.78, 5) is 18.9. The summed E-state index contributed by atoms with van der Waals surface area (Å²) in [6, 6.07) is 7.03. The van der Waals surface area contributed by atoms with E-state index in [9.17, 15) is 9.18 Å². The van der Waals surface area contributed by atoms with Crippen LogP contribution in [0.25, 0.3) is 0 Å². The van der Waals surface area contributed by atoms with Crippen LogP contribution < -0.4 is 10.6 Å². The summed E-state index contributed by atoms with van der Waals surface area (Å²) in [7, 11) is 0. The van der Waals surface area contributed by atoms with E-state index in [0.29, 0.717) is 12.6 Å². The van der Waals surface area contributed by atoms with Gasteiger partial charge in [0.15, 0.2) is 5.96 Å².